The zero-order valence-electron chi connectivity index (χ0n) is 17.7. The Bertz CT molecular complexity index is 1440. The molecule has 0 radical (unpaired) electrons. The maximum Gasteiger partial charge on any atom is 0.182 e. The van der Waals surface area contributed by atoms with Crippen LogP contribution in [0, 0.1) is 11.3 Å². The molecule has 0 aliphatic carbocycles. The van der Waals surface area contributed by atoms with Crippen molar-refractivity contribution in [3.63, 3.8) is 0 Å². The number of piperazine rings is 1. The number of rotatable bonds is 4. The Kier molecular flexibility index (Phi) is 4.67. The molecule has 0 saturated carbocycles. The number of benzene rings is 1. The number of nitrogens with zero attached hydrogens (tertiary/aromatic N) is 4. The van der Waals surface area contributed by atoms with Gasteiger partial charge in [0.15, 0.2) is 11.4 Å². The molecule has 33 heavy (non-hydrogen) atoms. The minimum atomic E-state index is 0.466. The van der Waals surface area contributed by atoms with E-state index in [2.05, 4.69) is 50.7 Å². The Balaban J connectivity index is 1.59. The predicted molar refractivity (Wildman–Crippen MR) is 125 cm³/mol. The van der Waals surface area contributed by atoms with Crippen molar-refractivity contribution < 1.29 is 8.83 Å². The van der Waals surface area contributed by atoms with Crippen LogP contribution >= 0.6 is 0 Å². The predicted octanol–water partition coefficient (Wildman–Crippen LogP) is 4.43. The summed E-state index contributed by atoms with van der Waals surface area (Å²) in [6, 6.07) is 16.2. The van der Waals surface area contributed by atoms with Gasteiger partial charge < -0.3 is 19.1 Å². The molecular formula is C25H20N6O2. The number of fused-ring (bicyclic) bond motifs is 1. The van der Waals surface area contributed by atoms with Crippen LogP contribution in [0.2, 0.25) is 0 Å². The van der Waals surface area contributed by atoms with Crippen LogP contribution in [-0.4, -0.2) is 41.4 Å². The van der Waals surface area contributed by atoms with E-state index in [-0.39, 0.29) is 0 Å². The summed E-state index contributed by atoms with van der Waals surface area (Å²) in [5.41, 5.74) is 5.79. The van der Waals surface area contributed by atoms with E-state index in [1.165, 1.54) is 0 Å². The van der Waals surface area contributed by atoms with Crippen molar-refractivity contribution in [2.75, 3.05) is 31.1 Å². The molecule has 1 aliphatic heterocycles. The van der Waals surface area contributed by atoms with Crippen molar-refractivity contribution >= 4 is 16.7 Å². The molecule has 0 spiro atoms. The first kappa shape index (κ1) is 19.3. The van der Waals surface area contributed by atoms with Crippen LogP contribution in [0.5, 0.6) is 0 Å². The van der Waals surface area contributed by atoms with Crippen LogP contribution in [0.3, 0.4) is 0 Å². The molecule has 0 bridgehead atoms. The summed E-state index contributed by atoms with van der Waals surface area (Å²) in [5.74, 6) is 0.637. The monoisotopic (exact) mass is 436 g/mol. The smallest absolute Gasteiger partial charge is 0.182 e. The number of nitrogens with one attached hydrogen (secondary N) is 2. The van der Waals surface area contributed by atoms with Crippen molar-refractivity contribution in [1.29, 1.82) is 5.26 Å². The molecule has 1 saturated heterocycles. The second-order valence-corrected chi connectivity index (χ2v) is 7.89. The number of H-pyrrole nitrogens is 1. The van der Waals surface area contributed by atoms with Crippen LogP contribution in [0.25, 0.3) is 44.9 Å². The van der Waals surface area contributed by atoms with Crippen molar-refractivity contribution in [3.8, 4) is 39.9 Å². The summed E-state index contributed by atoms with van der Waals surface area (Å²) in [6.07, 6.45) is 4.78. The minimum absolute atomic E-state index is 0.466. The van der Waals surface area contributed by atoms with Gasteiger partial charge in [0.2, 0.25) is 0 Å². The summed E-state index contributed by atoms with van der Waals surface area (Å²) in [5, 5.41) is 21.9. The van der Waals surface area contributed by atoms with Gasteiger partial charge in [0.05, 0.1) is 35.4 Å². The molecule has 8 nitrogen and oxygen atoms in total. The lowest BCUT2D eigenvalue weighted by Crippen LogP contribution is -2.43. The summed E-state index contributed by atoms with van der Waals surface area (Å²) >= 11 is 0. The molecule has 5 aromatic rings. The van der Waals surface area contributed by atoms with E-state index in [9.17, 15) is 5.26 Å². The van der Waals surface area contributed by atoms with Crippen LogP contribution in [0.15, 0.2) is 70.1 Å². The number of anilines is 1. The van der Waals surface area contributed by atoms with Gasteiger partial charge >= 0.3 is 0 Å². The third-order valence-electron chi connectivity index (χ3n) is 6.01. The third kappa shape index (κ3) is 3.26. The molecule has 0 atom stereocenters. The number of furan rings is 2. The van der Waals surface area contributed by atoms with Crippen LogP contribution in [0.1, 0.15) is 5.56 Å². The summed E-state index contributed by atoms with van der Waals surface area (Å²) in [6.45, 7) is 3.89. The number of pyridine rings is 1. The van der Waals surface area contributed by atoms with E-state index < -0.39 is 0 Å². The SMILES string of the molecule is N#Cc1c(-c2ccoc2)nc2n[nH]c(-c3ccco3)c2c1-c1ccc(N2CCNCC2)cc1. The van der Waals surface area contributed by atoms with Gasteiger partial charge in [-0.15, -0.1) is 0 Å². The zero-order valence-corrected chi connectivity index (χ0v) is 17.7. The third-order valence-corrected chi connectivity index (χ3v) is 6.01. The average molecular weight is 436 g/mol. The topological polar surface area (TPSA) is 107 Å². The summed E-state index contributed by atoms with van der Waals surface area (Å²) < 4.78 is 10.9. The minimum Gasteiger partial charge on any atom is -0.472 e. The fraction of sp³-hybridized carbons (Fsp3) is 0.160. The van der Waals surface area contributed by atoms with Gasteiger partial charge in [0, 0.05) is 43.0 Å². The normalized spacial score (nSPS) is 14.0. The Morgan fingerprint density at radius 2 is 1.85 bits per heavy atom. The molecule has 0 amide bonds. The molecule has 0 unspecified atom stereocenters. The molecule has 1 fully saturated rings. The maximum absolute atomic E-state index is 10.2. The lowest BCUT2D eigenvalue weighted by atomic mass is 9.93. The molecule has 1 aromatic carbocycles. The molecule has 162 valence electrons. The van der Waals surface area contributed by atoms with Gasteiger partial charge in [-0.3, -0.25) is 5.10 Å². The van der Waals surface area contributed by atoms with Crippen LogP contribution in [-0.2, 0) is 0 Å². The Morgan fingerprint density at radius 3 is 2.55 bits per heavy atom. The second kappa shape index (κ2) is 7.97. The average Bonchev–Trinajstić information content (AvgIpc) is 3.65. The number of hydrogen-bond acceptors (Lipinski definition) is 7. The van der Waals surface area contributed by atoms with Gasteiger partial charge in [-0.2, -0.15) is 10.4 Å². The van der Waals surface area contributed by atoms with Crippen molar-refractivity contribution in [1.82, 2.24) is 20.5 Å². The highest BCUT2D eigenvalue weighted by Gasteiger charge is 2.24. The lowest BCUT2D eigenvalue weighted by molar-refractivity contribution is 0.568. The Labute approximate surface area is 189 Å². The van der Waals surface area contributed by atoms with Gasteiger partial charge in [-0.1, -0.05) is 12.1 Å². The van der Waals surface area contributed by atoms with Crippen LogP contribution in [0.4, 0.5) is 5.69 Å². The van der Waals surface area contributed by atoms with Crippen molar-refractivity contribution in [2.45, 2.75) is 0 Å². The number of nitriles is 1. The van der Waals surface area contributed by atoms with Gasteiger partial charge in [-0.25, -0.2) is 4.98 Å². The first-order valence-corrected chi connectivity index (χ1v) is 10.8. The number of aromatic nitrogens is 3. The largest absolute Gasteiger partial charge is 0.472 e. The van der Waals surface area contributed by atoms with Gasteiger partial charge in [-0.05, 0) is 35.9 Å². The summed E-state index contributed by atoms with van der Waals surface area (Å²) in [4.78, 5) is 7.07. The van der Waals surface area contributed by atoms with E-state index >= 15 is 0 Å². The van der Waals surface area contributed by atoms with E-state index in [0.717, 1.165) is 53.9 Å². The molecule has 2 N–H and O–H groups in total. The zero-order chi connectivity index (χ0) is 22.2. The first-order valence-electron chi connectivity index (χ1n) is 10.8. The molecule has 1 aliphatic rings. The fourth-order valence-corrected chi connectivity index (χ4v) is 4.42. The highest BCUT2D eigenvalue weighted by molar-refractivity contribution is 6.05. The second-order valence-electron chi connectivity index (χ2n) is 7.89. The summed E-state index contributed by atoms with van der Waals surface area (Å²) in [7, 11) is 0. The Morgan fingerprint density at radius 1 is 1.00 bits per heavy atom. The van der Waals surface area contributed by atoms with Gasteiger partial charge in [0.25, 0.3) is 0 Å². The van der Waals surface area contributed by atoms with Crippen molar-refractivity contribution in [2.24, 2.45) is 0 Å². The lowest BCUT2D eigenvalue weighted by Gasteiger charge is -2.29. The number of hydrogen-bond donors (Lipinski definition) is 2. The highest BCUT2D eigenvalue weighted by Crippen LogP contribution is 2.40. The van der Waals surface area contributed by atoms with Gasteiger partial charge in [0.1, 0.15) is 11.8 Å². The van der Waals surface area contributed by atoms with E-state index in [0.29, 0.717) is 28.4 Å². The highest BCUT2D eigenvalue weighted by atomic mass is 16.3. The first-order chi connectivity index (χ1) is 16.3. The molecule has 5 heterocycles. The quantitative estimate of drug-likeness (QED) is 0.429. The molecule has 4 aromatic heterocycles. The van der Waals surface area contributed by atoms with Crippen LogP contribution < -0.4 is 10.2 Å². The van der Waals surface area contributed by atoms with Crippen molar-refractivity contribution in [3.05, 3.63) is 66.8 Å². The van der Waals surface area contributed by atoms with E-state index in [4.69, 9.17) is 13.8 Å². The Hall–Kier alpha value is -4.35. The molecular weight excluding hydrogens is 416 g/mol. The standard InChI is InChI=1S/C25H20N6O2/c26-14-19-21(16-3-5-18(6-4-16)31-10-8-27-9-11-31)22-24(20-2-1-12-33-20)29-30-25(22)28-23(19)17-7-13-32-15-17/h1-7,12-13,15,27H,8-11H2,(H,28,29,30). The molecule has 6 rings (SSSR count). The van der Waals surface area contributed by atoms with E-state index in [1.54, 1.807) is 24.9 Å². The van der Waals surface area contributed by atoms with E-state index in [1.807, 2.05) is 12.1 Å². The fourth-order valence-electron chi connectivity index (χ4n) is 4.42. The maximum atomic E-state index is 10.2. The number of aromatic amines is 1. The molecule has 8 heteroatoms.